The van der Waals surface area contributed by atoms with Gasteiger partial charge in [-0.3, -0.25) is 9.59 Å². The monoisotopic (exact) mass is 173 g/mol. The lowest BCUT2D eigenvalue weighted by Gasteiger charge is -2.15. The van der Waals surface area contributed by atoms with Gasteiger partial charge in [-0.1, -0.05) is 13.8 Å². The molecule has 4 nitrogen and oxygen atoms in total. The maximum Gasteiger partial charge on any atom is 0.303 e. The topological polar surface area (TPSA) is 74.6 Å². The van der Waals surface area contributed by atoms with Crippen LogP contribution < -0.4 is 0 Å². The van der Waals surface area contributed by atoms with Crippen LogP contribution in [0.2, 0.25) is 0 Å². The molecule has 0 saturated carbocycles. The fourth-order valence-corrected chi connectivity index (χ4v) is 0.902. The fraction of sp³-hybridized carbons (Fsp3) is 0.625. The van der Waals surface area contributed by atoms with E-state index in [-0.39, 0.29) is 18.8 Å². The molecule has 4 heteroatoms. The minimum absolute atomic E-state index is 0.103. The van der Waals surface area contributed by atoms with E-state index in [4.69, 9.17) is 10.2 Å². The number of carboxylic acids is 2. The van der Waals surface area contributed by atoms with Crippen molar-refractivity contribution in [3.8, 4) is 0 Å². The molecule has 1 radical (unpaired) electrons. The van der Waals surface area contributed by atoms with E-state index in [1.165, 1.54) is 0 Å². The van der Waals surface area contributed by atoms with Gasteiger partial charge >= 0.3 is 11.9 Å². The molecule has 0 aliphatic rings. The third-order valence-electron chi connectivity index (χ3n) is 1.66. The van der Waals surface area contributed by atoms with E-state index in [2.05, 4.69) is 0 Å². The lowest BCUT2D eigenvalue weighted by molar-refractivity contribution is -0.140. The van der Waals surface area contributed by atoms with Gasteiger partial charge in [-0.05, 0) is 11.8 Å². The van der Waals surface area contributed by atoms with Crippen LogP contribution in [0.3, 0.4) is 0 Å². The van der Waals surface area contributed by atoms with Crippen LogP contribution in [0.15, 0.2) is 0 Å². The molecule has 0 spiro atoms. The summed E-state index contributed by atoms with van der Waals surface area (Å²) in [5.74, 6) is -1.41. The van der Waals surface area contributed by atoms with Gasteiger partial charge in [0, 0.05) is 12.8 Å². The summed E-state index contributed by atoms with van der Waals surface area (Å²) >= 11 is 0. The van der Waals surface area contributed by atoms with Crippen LogP contribution in [-0.2, 0) is 9.59 Å². The van der Waals surface area contributed by atoms with Crippen LogP contribution in [-0.4, -0.2) is 22.2 Å². The summed E-state index contributed by atoms with van der Waals surface area (Å²) in [6.07, 6.45) is -0.205. The molecule has 0 aromatic rings. The van der Waals surface area contributed by atoms with Crippen molar-refractivity contribution < 1.29 is 19.8 Å². The molecule has 0 heterocycles. The Bertz CT molecular complexity index is 158. The first-order valence-corrected chi connectivity index (χ1v) is 3.67. The van der Waals surface area contributed by atoms with E-state index in [1.807, 2.05) is 0 Å². The highest BCUT2D eigenvalue weighted by molar-refractivity contribution is 5.71. The first-order valence-electron chi connectivity index (χ1n) is 3.67. The number of rotatable bonds is 5. The Morgan fingerprint density at radius 1 is 1.08 bits per heavy atom. The van der Waals surface area contributed by atoms with Gasteiger partial charge < -0.3 is 10.2 Å². The predicted octanol–water partition coefficient (Wildman–Crippen LogP) is 1.17. The summed E-state index contributed by atoms with van der Waals surface area (Å²) in [6.45, 7) is 3.49. The quantitative estimate of drug-likeness (QED) is 0.654. The van der Waals surface area contributed by atoms with Crippen molar-refractivity contribution in [2.45, 2.75) is 26.7 Å². The second-order valence-corrected chi connectivity index (χ2v) is 2.97. The number of carboxylic acid groups (broad SMARTS) is 2. The minimum atomic E-state index is -0.956. The zero-order valence-corrected chi connectivity index (χ0v) is 7.20. The third kappa shape index (κ3) is 4.71. The molecule has 0 aromatic carbocycles. The van der Waals surface area contributed by atoms with E-state index >= 15 is 0 Å². The Labute approximate surface area is 71.2 Å². The first kappa shape index (κ1) is 10.9. The van der Waals surface area contributed by atoms with Gasteiger partial charge in [0.2, 0.25) is 0 Å². The van der Waals surface area contributed by atoms with E-state index in [0.29, 0.717) is 0 Å². The average Bonchev–Trinajstić information content (AvgIpc) is 1.83. The lowest BCUT2D eigenvalue weighted by atomic mass is 9.90. The van der Waals surface area contributed by atoms with Gasteiger partial charge in [0.25, 0.3) is 0 Å². The van der Waals surface area contributed by atoms with Gasteiger partial charge in [0.05, 0.1) is 0 Å². The van der Waals surface area contributed by atoms with Crippen molar-refractivity contribution in [1.82, 2.24) is 0 Å². The Morgan fingerprint density at radius 3 is 1.58 bits per heavy atom. The van der Waals surface area contributed by atoms with Crippen molar-refractivity contribution in [3.63, 3.8) is 0 Å². The molecule has 69 valence electrons. The molecule has 0 fully saturated rings. The highest BCUT2D eigenvalue weighted by Gasteiger charge is 2.20. The van der Waals surface area contributed by atoms with Crippen molar-refractivity contribution in [1.29, 1.82) is 0 Å². The molecule has 2 N–H and O–H groups in total. The number of hydrogen-bond acceptors (Lipinski definition) is 2. The van der Waals surface area contributed by atoms with Gasteiger partial charge in [-0.25, -0.2) is 0 Å². The van der Waals surface area contributed by atoms with E-state index in [1.54, 1.807) is 13.8 Å². The summed E-state index contributed by atoms with van der Waals surface area (Å²) in [5, 5.41) is 16.9. The predicted molar refractivity (Wildman–Crippen MR) is 42.6 cm³/mol. The van der Waals surface area contributed by atoms with Gasteiger partial charge in [0.15, 0.2) is 0 Å². The minimum Gasteiger partial charge on any atom is -0.481 e. The molecule has 0 saturated heterocycles. The van der Waals surface area contributed by atoms with E-state index in [0.717, 1.165) is 5.92 Å². The van der Waals surface area contributed by atoms with Crippen LogP contribution in [0.4, 0.5) is 0 Å². The van der Waals surface area contributed by atoms with Crippen LogP contribution >= 0.6 is 0 Å². The second kappa shape index (κ2) is 4.74. The zero-order chi connectivity index (χ0) is 9.72. The second-order valence-electron chi connectivity index (χ2n) is 2.97. The van der Waals surface area contributed by atoms with Crippen molar-refractivity contribution in [2.75, 3.05) is 0 Å². The number of hydrogen-bond donors (Lipinski definition) is 2. The fourth-order valence-electron chi connectivity index (χ4n) is 0.902. The molecule has 0 rings (SSSR count). The van der Waals surface area contributed by atoms with E-state index in [9.17, 15) is 9.59 Å². The summed E-state index contributed by atoms with van der Waals surface area (Å²) in [6, 6.07) is 0. The van der Waals surface area contributed by atoms with Gasteiger partial charge in [-0.15, -0.1) is 0 Å². The number of aliphatic carboxylic acids is 2. The Morgan fingerprint density at radius 2 is 1.42 bits per heavy atom. The molecule has 0 aliphatic carbocycles. The van der Waals surface area contributed by atoms with E-state index < -0.39 is 11.9 Å². The van der Waals surface area contributed by atoms with Crippen LogP contribution in [0.25, 0.3) is 0 Å². The maximum absolute atomic E-state index is 10.3. The van der Waals surface area contributed by atoms with Crippen molar-refractivity contribution in [2.24, 2.45) is 5.92 Å². The van der Waals surface area contributed by atoms with Crippen LogP contribution in [0.5, 0.6) is 0 Å². The summed E-state index contributed by atoms with van der Waals surface area (Å²) < 4.78 is 0. The zero-order valence-electron chi connectivity index (χ0n) is 7.20. The molecule has 0 atom stereocenters. The highest BCUT2D eigenvalue weighted by Crippen LogP contribution is 2.20. The Hall–Kier alpha value is -1.06. The molecule has 0 aromatic heterocycles. The molecule has 12 heavy (non-hydrogen) atoms. The third-order valence-corrected chi connectivity index (χ3v) is 1.66. The summed E-state index contributed by atoms with van der Waals surface area (Å²) in [4.78, 5) is 20.6. The molecular formula is C8H13O4. The van der Waals surface area contributed by atoms with Crippen LogP contribution in [0, 0.1) is 11.8 Å². The van der Waals surface area contributed by atoms with Crippen molar-refractivity contribution in [3.05, 3.63) is 5.92 Å². The number of carbonyl (C=O) groups is 2. The molecule has 0 aliphatic heterocycles. The average molecular weight is 173 g/mol. The van der Waals surface area contributed by atoms with Crippen molar-refractivity contribution >= 4 is 11.9 Å². The van der Waals surface area contributed by atoms with Gasteiger partial charge in [0.1, 0.15) is 0 Å². The normalized spacial score (nSPS) is 10.7. The van der Waals surface area contributed by atoms with Crippen LogP contribution in [0.1, 0.15) is 26.7 Å². The highest BCUT2D eigenvalue weighted by atomic mass is 16.4. The lowest BCUT2D eigenvalue weighted by Crippen LogP contribution is -2.16. The summed E-state index contributed by atoms with van der Waals surface area (Å²) in [5.41, 5.74) is 0. The molecule has 0 bridgehead atoms. The smallest absolute Gasteiger partial charge is 0.303 e. The Balaban J connectivity index is 4.04. The first-order chi connectivity index (χ1) is 5.43. The molecule has 0 amide bonds. The molecule has 0 unspecified atom stereocenters. The standard InChI is InChI=1S/C8H13O4/c1-5(2)6(3-7(9)10)4-8(11)12/h6H,3-4H2,1-2H3,(H,9,10)(H,11,12). The SMILES string of the molecule is C[C](C)C(CC(=O)O)CC(=O)O. The van der Waals surface area contributed by atoms with Gasteiger partial charge in [-0.2, -0.15) is 0 Å². The molecular weight excluding hydrogens is 160 g/mol. The largest absolute Gasteiger partial charge is 0.481 e. The maximum atomic E-state index is 10.3. The summed E-state index contributed by atoms with van der Waals surface area (Å²) in [7, 11) is 0. The Kier molecular flexibility index (Phi) is 4.33.